The summed E-state index contributed by atoms with van der Waals surface area (Å²) in [6, 6.07) is 0. The van der Waals surface area contributed by atoms with E-state index in [-0.39, 0.29) is 17.5 Å². The van der Waals surface area contributed by atoms with Gasteiger partial charge < -0.3 is 21.9 Å². The van der Waals surface area contributed by atoms with Crippen LogP contribution in [-0.2, 0) is 7.05 Å². The summed E-state index contributed by atoms with van der Waals surface area (Å²) in [5.41, 5.74) is 10.4. The fourth-order valence-corrected chi connectivity index (χ4v) is 0.944. The molecule has 14 heavy (non-hydrogen) atoms. The van der Waals surface area contributed by atoms with E-state index in [2.05, 4.69) is 10.3 Å². The Kier molecular flexibility index (Phi) is 2.61. The van der Waals surface area contributed by atoms with Gasteiger partial charge in [-0.05, 0) is 6.92 Å². The Bertz CT molecular complexity index is 398. The number of anilines is 3. The van der Waals surface area contributed by atoms with Gasteiger partial charge in [0.25, 0.3) is 5.56 Å². The zero-order valence-electron chi connectivity index (χ0n) is 7.98. The first-order chi connectivity index (χ1) is 6.43. The molecule has 0 radical (unpaired) electrons. The van der Waals surface area contributed by atoms with Crippen LogP contribution in [-0.4, -0.2) is 20.9 Å². The van der Waals surface area contributed by atoms with Gasteiger partial charge in [-0.25, -0.2) is 0 Å². The highest BCUT2D eigenvalue weighted by Crippen LogP contribution is 2.11. The van der Waals surface area contributed by atoms with Gasteiger partial charge in [-0.1, -0.05) is 0 Å². The molecule has 0 spiro atoms. The number of aromatic nitrogens is 2. The van der Waals surface area contributed by atoms with Gasteiger partial charge in [0.05, 0.1) is 0 Å². The fraction of sp³-hybridized carbons (Fsp3) is 0.429. The summed E-state index contributed by atoms with van der Waals surface area (Å²) in [4.78, 5) is 15.2. The fourth-order valence-electron chi connectivity index (χ4n) is 0.944. The minimum absolute atomic E-state index is 0.0346. The van der Waals surface area contributed by atoms with Gasteiger partial charge >= 0.3 is 0 Å². The Morgan fingerprint density at radius 3 is 2.64 bits per heavy atom. The summed E-state index contributed by atoms with van der Waals surface area (Å²) in [6.07, 6.45) is -0.851. The van der Waals surface area contributed by atoms with Gasteiger partial charge in [-0.2, -0.15) is 4.98 Å². The molecular formula is C7H13N5O2. The first-order valence-corrected chi connectivity index (χ1v) is 4.00. The maximum absolute atomic E-state index is 11.4. The Morgan fingerprint density at radius 1 is 1.57 bits per heavy atom. The highest BCUT2D eigenvalue weighted by atomic mass is 16.3. The lowest BCUT2D eigenvalue weighted by Gasteiger charge is -2.12. The van der Waals surface area contributed by atoms with Crippen LogP contribution in [0.1, 0.15) is 6.92 Å². The van der Waals surface area contributed by atoms with E-state index in [9.17, 15) is 4.79 Å². The first-order valence-electron chi connectivity index (χ1n) is 4.00. The number of nitrogens with zero attached hydrogens (tertiary/aromatic N) is 2. The van der Waals surface area contributed by atoms with Crippen LogP contribution in [0.15, 0.2) is 4.79 Å². The van der Waals surface area contributed by atoms with Crippen LogP contribution >= 0.6 is 0 Å². The van der Waals surface area contributed by atoms with E-state index in [1.165, 1.54) is 14.0 Å². The molecular weight excluding hydrogens is 186 g/mol. The number of aliphatic hydroxyl groups excluding tert-OH is 1. The second-order valence-electron chi connectivity index (χ2n) is 2.92. The molecule has 1 aromatic heterocycles. The van der Waals surface area contributed by atoms with Crippen LogP contribution in [0.2, 0.25) is 0 Å². The van der Waals surface area contributed by atoms with Gasteiger partial charge in [0.1, 0.15) is 11.9 Å². The van der Waals surface area contributed by atoms with Crippen molar-refractivity contribution >= 4 is 17.5 Å². The van der Waals surface area contributed by atoms with Crippen LogP contribution in [0, 0.1) is 0 Å². The van der Waals surface area contributed by atoms with Crippen LogP contribution in [0.4, 0.5) is 17.5 Å². The molecule has 78 valence electrons. The molecule has 0 fully saturated rings. The molecule has 0 aromatic carbocycles. The summed E-state index contributed by atoms with van der Waals surface area (Å²) in [5.74, 6) is 0.132. The summed E-state index contributed by atoms with van der Waals surface area (Å²) in [5, 5.41) is 11.5. The van der Waals surface area contributed by atoms with Gasteiger partial charge in [0, 0.05) is 7.05 Å². The molecule has 0 aliphatic carbocycles. The van der Waals surface area contributed by atoms with Crippen molar-refractivity contribution in [1.82, 2.24) is 9.55 Å². The predicted octanol–water partition coefficient (Wildman–Crippen LogP) is -1.31. The van der Waals surface area contributed by atoms with E-state index in [0.29, 0.717) is 0 Å². The van der Waals surface area contributed by atoms with Crippen LogP contribution < -0.4 is 22.3 Å². The highest BCUT2D eigenvalue weighted by molar-refractivity contribution is 5.61. The lowest BCUT2D eigenvalue weighted by Crippen LogP contribution is -2.27. The topological polar surface area (TPSA) is 119 Å². The molecule has 0 amide bonds. The van der Waals surface area contributed by atoms with E-state index < -0.39 is 11.8 Å². The minimum Gasteiger partial charge on any atom is -0.391 e. The first kappa shape index (κ1) is 10.3. The van der Waals surface area contributed by atoms with Gasteiger partial charge in [0.2, 0.25) is 5.95 Å². The Balaban J connectivity index is 3.26. The average molecular weight is 199 g/mol. The lowest BCUT2D eigenvalue weighted by atomic mass is 10.4. The molecule has 0 saturated heterocycles. The molecule has 0 saturated carbocycles. The van der Waals surface area contributed by atoms with E-state index in [1.807, 2.05) is 0 Å². The molecule has 1 aromatic rings. The van der Waals surface area contributed by atoms with Crippen molar-refractivity contribution in [2.75, 3.05) is 16.8 Å². The zero-order valence-corrected chi connectivity index (χ0v) is 7.98. The predicted molar refractivity (Wildman–Crippen MR) is 53.6 cm³/mol. The van der Waals surface area contributed by atoms with Crippen molar-refractivity contribution in [3.8, 4) is 0 Å². The third-order valence-corrected chi connectivity index (χ3v) is 1.71. The standard InChI is InChI=1S/C7H13N5O2/c1-3(13)10-5-4(8)6(14)12(2)7(9)11-5/h3,10,13H,8H2,1-2H3,(H2,9,11). The molecule has 0 aliphatic rings. The van der Waals surface area contributed by atoms with Crippen molar-refractivity contribution in [2.24, 2.45) is 7.05 Å². The maximum Gasteiger partial charge on any atom is 0.280 e. The zero-order chi connectivity index (χ0) is 10.9. The molecule has 0 bridgehead atoms. The maximum atomic E-state index is 11.4. The Labute approximate surface area is 80.4 Å². The minimum atomic E-state index is -0.851. The third kappa shape index (κ3) is 1.77. The normalized spacial score (nSPS) is 12.5. The Morgan fingerprint density at radius 2 is 2.14 bits per heavy atom. The molecule has 1 atom stereocenters. The van der Waals surface area contributed by atoms with E-state index >= 15 is 0 Å². The summed E-state index contributed by atoms with van der Waals surface area (Å²) >= 11 is 0. The number of nitrogens with one attached hydrogen (secondary N) is 1. The van der Waals surface area contributed by atoms with E-state index in [4.69, 9.17) is 16.6 Å². The summed E-state index contributed by atoms with van der Waals surface area (Å²) in [6.45, 7) is 1.48. The van der Waals surface area contributed by atoms with Crippen LogP contribution in [0.5, 0.6) is 0 Å². The molecule has 0 aliphatic heterocycles. The van der Waals surface area contributed by atoms with Crippen molar-refractivity contribution in [2.45, 2.75) is 13.2 Å². The molecule has 7 heteroatoms. The van der Waals surface area contributed by atoms with Gasteiger partial charge in [-0.3, -0.25) is 9.36 Å². The smallest absolute Gasteiger partial charge is 0.280 e. The highest BCUT2D eigenvalue weighted by Gasteiger charge is 2.10. The van der Waals surface area contributed by atoms with Gasteiger partial charge in [0.15, 0.2) is 5.82 Å². The van der Waals surface area contributed by atoms with Crippen molar-refractivity contribution in [3.63, 3.8) is 0 Å². The molecule has 6 N–H and O–H groups in total. The van der Waals surface area contributed by atoms with E-state index in [1.54, 1.807) is 0 Å². The number of rotatable bonds is 2. The van der Waals surface area contributed by atoms with E-state index in [0.717, 1.165) is 4.57 Å². The van der Waals surface area contributed by atoms with Crippen LogP contribution in [0.3, 0.4) is 0 Å². The lowest BCUT2D eigenvalue weighted by molar-refractivity contribution is 0.224. The summed E-state index contributed by atoms with van der Waals surface area (Å²) in [7, 11) is 1.47. The number of hydrogen-bond acceptors (Lipinski definition) is 6. The molecule has 1 rings (SSSR count). The second kappa shape index (κ2) is 3.54. The van der Waals surface area contributed by atoms with Crippen molar-refractivity contribution in [1.29, 1.82) is 0 Å². The number of nitrogens with two attached hydrogens (primary N) is 2. The van der Waals surface area contributed by atoms with Crippen molar-refractivity contribution < 1.29 is 5.11 Å². The largest absolute Gasteiger partial charge is 0.391 e. The number of nitrogen functional groups attached to an aromatic ring is 2. The SMILES string of the molecule is CC(O)Nc1nc(N)n(C)c(=O)c1N. The van der Waals surface area contributed by atoms with Crippen molar-refractivity contribution in [3.05, 3.63) is 10.4 Å². The molecule has 7 nitrogen and oxygen atoms in total. The van der Waals surface area contributed by atoms with Gasteiger partial charge in [-0.15, -0.1) is 0 Å². The monoisotopic (exact) mass is 199 g/mol. The molecule has 1 unspecified atom stereocenters. The number of hydrogen-bond donors (Lipinski definition) is 4. The number of aliphatic hydroxyl groups is 1. The third-order valence-electron chi connectivity index (χ3n) is 1.71. The Hall–Kier alpha value is -1.76. The molecule has 1 heterocycles. The quantitative estimate of drug-likeness (QED) is 0.439. The van der Waals surface area contributed by atoms with Crippen LogP contribution in [0.25, 0.3) is 0 Å². The second-order valence-corrected chi connectivity index (χ2v) is 2.92. The average Bonchev–Trinajstić information content (AvgIpc) is 2.10. The summed E-state index contributed by atoms with van der Waals surface area (Å²) < 4.78 is 1.13.